The minimum Gasteiger partial charge on any atom is -0.387 e. The highest BCUT2D eigenvalue weighted by Gasteiger charge is 2.22. The lowest BCUT2D eigenvalue weighted by Gasteiger charge is -2.37. The molecule has 1 heterocycles. The fraction of sp³-hybridized carbons (Fsp3) is 0.917. The molecule has 94 valence electrons. The van der Waals surface area contributed by atoms with Gasteiger partial charge in [0.1, 0.15) is 0 Å². The van der Waals surface area contributed by atoms with E-state index in [1.807, 2.05) is 6.92 Å². The van der Waals surface area contributed by atoms with Crippen LogP contribution in [0, 0.1) is 11.3 Å². The monoisotopic (exact) mass is 226 g/mol. The maximum Gasteiger partial charge on any atom is 0.0947 e. The Hall–Kier alpha value is -0.610. The maximum atomic E-state index is 7.41. The lowest BCUT2D eigenvalue weighted by atomic mass is 10.0. The number of rotatable bonds is 5. The summed E-state index contributed by atoms with van der Waals surface area (Å²) in [5.41, 5.74) is 5.51. The van der Waals surface area contributed by atoms with Crippen molar-refractivity contribution in [3.05, 3.63) is 0 Å². The molecule has 0 bridgehead atoms. The number of likely N-dealkylation sites (tertiary alicyclic amines) is 1. The molecule has 16 heavy (non-hydrogen) atoms. The summed E-state index contributed by atoms with van der Waals surface area (Å²) < 4.78 is 0. The van der Waals surface area contributed by atoms with Crippen molar-refractivity contribution < 1.29 is 0 Å². The molecule has 1 aliphatic rings. The molecule has 1 fully saturated rings. The third-order valence-electron chi connectivity index (χ3n) is 3.72. The summed E-state index contributed by atoms with van der Waals surface area (Å²) in [7, 11) is 2.16. The number of nitrogens with one attached hydrogen (secondary N) is 1. The summed E-state index contributed by atoms with van der Waals surface area (Å²) in [4.78, 5) is 4.87. The Labute approximate surface area is 99.3 Å². The fourth-order valence-corrected chi connectivity index (χ4v) is 2.36. The summed E-state index contributed by atoms with van der Waals surface area (Å²) in [5.74, 6) is 0.479. The Morgan fingerprint density at radius 3 is 2.50 bits per heavy atom. The molecule has 1 unspecified atom stereocenters. The normalized spacial score (nSPS) is 21.2. The van der Waals surface area contributed by atoms with Crippen molar-refractivity contribution >= 4 is 5.84 Å². The molecule has 0 amide bonds. The standard InChI is InChI=1S/C12H26N4/c1-4-16-7-5-11(6-8-16)15(3)9-10(2)12(13)14/h10-11H,4-9H2,1-3H3,(H3,13,14). The van der Waals surface area contributed by atoms with Crippen LogP contribution in [0.3, 0.4) is 0 Å². The lowest BCUT2D eigenvalue weighted by molar-refractivity contribution is 0.127. The number of hydrogen-bond donors (Lipinski definition) is 2. The highest BCUT2D eigenvalue weighted by atomic mass is 15.2. The number of nitrogens with zero attached hydrogens (tertiary/aromatic N) is 2. The third kappa shape index (κ3) is 3.76. The molecule has 3 N–H and O–H groups in total. The Kier molecular flexibility index (Phi) is 5.22. The van der Waals surface area contributed by atoms with Gasteiger partial charge in [0.25, 0.3) is 0 Å². The molecule has 1 atom stereocenters. The van der Waals surface area contributed by atoms with Crippen LogP contribution >= 0.6 is 0 Å². The van der Waals surface area contributed by atoms with E-state index >= 15 is 0 Å². The van der Waals surface area contributed by atoms with Crippen molar-refractivity contribution in [3.8, 4) is 0 Å². The maximum absolute atomic E-state index is 7.41. The zero-order chi connectivity index (χ0) is 12.1. The van der Waals surface area contributed by atoms with Crippen LogP contribution in [-0.4, -0.2) is 54.9 Å². The molecule has 0 aromatic rings. The summed E-state index contributed by atoms with van der Waals surface area (Å²) in [5, 5.41) is 7.41. The highest BCUT2D eigenvalue weighted by molar-refractivity contribution is 5.79. The predicted molar refractivity (Wildman–Crippen MR) is 68.8 cm³/mol. The van der Waals surface area contributed by atoms with E-state index in [2.05, 4.69) is 23.8 Å². The summed E-state index contributed by atoms with van der Waals surface area (Å²) >= 11 is 0. The molecule has 1 aliphatic heterocycles. The minimum absolute atomic E-state index is 0.175. The smallest absolute Gasteiger partial charge is 0.0947 e. The van der Waals surface area contributed by atoms with E-state index in [9.17, 15) is 0 Å². The largest absolute Gasteiger partial charge is 0.387 e. The van der Waals surface area contributed by atoms with E-state index in [0.29, 0.717) is 11.9 Å². The zero-order valence-electron chi connectivity index (χ0n) is 10.9. The molecule has 1 rings (SSSR count). The predicted octanol–water partition coefficient (Wildman–Crippen LogP) is 0.975. The van der Waals surface area contributed by atoms with Crippen molar-refractivity contribution in [2.45, 2.75) is 32.7 Å². The number of piperidine rings is 1. The van der Waals surface area contributed by atoms with Gasteiger partial charge in [-0.1, -0.05) is 13.8 Å². The Morgan fingerprint density at radius 2 is 2.06 bits per heavy atom. The average molecular weight is 226 g/mol. The van der Waals surface area contributed by atoms with Gasteiger partial charge in [0.05, 0.1) is 5.84 Å². The van der Waals surface area contributed by atoms with E-state index in [1.54, 1.807) is 0 Å². The van der Waals surface area contributed by atoms with Crippen LogP contribution in [0.15, 0.2) is 0 Å². The van der Waals surface area contributed by atoms with Crippen LogP contribution < -0.4 is 5.73 Å². The Bertz CT molecular complexity index is 221. The van der Waals surface area contributed by atoms with Gasteiger partial charge in [-0.25, -0.2) is 0 Å². The van der Waals surface area contributed by atoms with Gasteiger partial charge in [-0.05, 0) is 39.5 Å². The quantitative estimate of drug-likeness (QED) is 0.542. The van der Waals surface area contributed by atoms with Crippen molar-refractivity contribution in [1.29, 1.82) is 5.41 Å². The number of nitrogens with two attached hydrogens (primary N) is 1. The Balaban J connectivity index is 2.33. The molecule has 4 heteroatoms. The number of amidine groups is 1. The van der Waals surface area contributed by atoms with Crippen LogP contribution in [0.4, 0.5) is 0 Å². The van der Waals surface area contributed by atoms with E-state index in [0.717, 1.165) is 6.54 Å². The van der Waals surface area contributed by atoms with Crippen LogP contribution in [0.5, 0.6) is 0 Å². The van der Waals surface area contributed by atoms with Gasteiger partial charge in [0, 0.05) is 18.5 Å². The van der Waals surface area contributed by atoms with Gasteiger partial charge in [-0.15, -0.1) is 0 Å². The first kappa shape index (κ1) is 13.5. The van der Waals surface area contributed by atoms with E-state index in [4.69, 9.17) is 11.1 Å². The Morgan fingerprint density at radius 1 is 1.50 bits per heavy atom. The number of hydrogen-bond acceptors (Lipinski definition) is 3. The second kappa shape index (κ2) is 6.21. The lowest BCUT2D eigenvalue weighted by Crippen LogP contribution is -2.45. The van der Waals surface area contributed by atoms with Crippen molar-refractivity contribution in [1.82, 2.24) is 9.80 Å². The first-order chi connectivity index (χ1) is 7.54. The summed E-state index contributed by atoms with van der Waals surface area (Å²) in [6.45, 7) is 8.74. The third-order valence-corrected chi connectivity index (χ3v) is 3.72. The van der Waals surface area contributed by atoms with E-state index in [1.165, 1.54) is 32.5 Å². The topological polar surface area (TPSA) is 56.4 Å². The van der Waals surface area contributed by atoms with Crippen LogP contribution in [0.25, 0.3) is 0 Å². The second-order valence-electron chi connectivity index (χ2n) is 4.96. The van der Waals surface area contributed by atoms with E-state index in [-0.39, 0.29) is 5.92 Å². The molecule has 0 aliphatic carbocycles. The van der Waals surface area contributed by atoms with Crippen molar-refractivity contribution in [2.75, 3.05) is 33.2 Å². The minimum atomic E-state index is 0.175. The molecule has 0 radical (unpaired) electrons. The molecule has 0 aromatic carbocycles. The van der Waals surface area contributed by atoms with Crippen molar-refractivity contribution in [3.63, 3.8) is 0 Å². The van der Waals surface area contributed by atoms with Gasteiger partial charge in [-0.3, -0.25) is 5.41 Å². The molecule has 0 saturated carbocycles. The molecule has 0 spiro atoms. The SMILES string of the molecule is CCN1CCC(N(C)CC(C)C(=N)N)CC1. The van der Waals surface area contributed by atoms with E-state index < -0.39 is 0 Å². The van der Waals surface area contributed by atoms with Crippen molar-refractivity contribution in [2.24, 2.45) is 11.7 Å². The van der Waals surface area contributed by atoms with Gasteiger partial charge in [0.2, 0.25) is 0 Å². The van der Waals surface area contributed by atoms with Crippen LogP contribution in [0.2, 0.25) is 0 Å². The van der Waals surface area contributed by atoms with Gasteiger partial charge >= 0.3 is 0 Å². The summed E-state index contributed by atoms with van der Waals surface area (Å²) in [6.07, 6.45) is 2.49. The van der Waals surface area contributed by atoms with Gasteiger partial charge in [-0.2, -0.15) is 0 Å². The summed E-state index contributed by atoms with van der Waals surface area (Å²) in [6, 6.07) is 0.671. The first-order valence-electron chi connectivity index (χ1n) is 6.31. The highest BCUT2D eigenvalue weighted by Crippen LogP contribution is 2.16. The van der Waals surface area contributed by atoms with Gasteiger partial charge in [0.15, 0.2) is 0 Å². The molecule has 1 saturated heterocycles. The fourth-order valence-electron chi connectivity index (χ4n) is 2.36. The molecule has 0 aromatic heterocycles. The second-order valence-corrected chi connectivity index (χ2v) is 4.96. The molecule has 4 nitrogen and oxygen atoms in total. The first-order valence-corrected chi connectivity index (χ1v) is 6.31. The zero-order valence-corrected chi connectivity index (χ0v) is 10.9. The van der Waals surface area contributed by atoms with Crippen LogP contribution in [0.1, 0.15) is 26.7 Å². The molecular weight excluding hydrogens is 200 g/mol. The molecular formula is C12H26N4. The van der Waals surface area contributed by atoms with Gasteiger partial charge < -0.3 is 15.5 Å². The average Bonchev–Trinajstić information content (AvgIpc) is 2.28. The van der Waals surface area contributed by atoms with Crippen LogP contribution in [-0.2, 0) is 0 Å².